The van der Waals surface area contributed by atoms with Gasteiger partial charge in [-0.05, 0) is 70.7 Å². The summed E-state index contributed by atoms with van der Waals surface area (Å²) in [6, 6.07) is 11.5. The number of rotatable bonds is 16. The van der Waals surface area contributed by atoms with Crippen molar-refractivity contribution in [3.63, 3.8) is 0 Å². The molecule has 0 spiro atoms. The maximum atomic E-state index is 13.8. The number of halogens is 3. The lowest BCUT2D eigenvalue weighted by Crippen LogP contribution is -2.67. The second-order valence-electron chi connectivity index (χ2n) is 10.4. The highest BCUT2D eigenvalue weighted by Gasteiger charge is 2.61. The lowest BCUT2D eigenvalue weighted by Gasteiger charge is -2.46. The van der Waals surface area contributed by atoms with Crippen molar-refractivity contribution in [1.82, 2.24) is 10.2 Å². The lowest BCUT2D eigenvalue weighted by atomic mass is 9.73. The van der Waals surface area contributed by atoms with Gasteiger partial charge in [-0.3, -0.25) is 15.0 Å². The number of hydrogen-bond acceptors (Lipinski definition) is 6. The quantitative estimate of drug-likeness (QED) is 0.156. The summed E-state index contributed by atoms with van der Waals surface area (Å²) in [5, 5.41) is 23.5. The smallest absolute Gasteiger partial charge is 0.324 e. The maximum absolute atomic E-state index is 13.8. The van der Waals surface area contributed by atoms with Gasteiger partial charge in [0, 0.05) is 25.6 Å². The van der Waals surface area contributed by atoms with E-state index in [0.29, 0.717) is 47.4 Å². The van der Waals surface area contributed by atoms with Crippen molar-refractivity contribution in [2.45, 2.75) is 83.4 Å². The van der Waals surface area contributed by atoms with Crippen LogP contribution in [0.25, 0.3) is 0 Å². The Hall–Kier alpha value is -2.46. The number of carboxylic acids is 1. The van der Waals surface area contributed by atoms with Gasteiger partial charge >= 0.3 is 5.97 Å². The van der Waals surface area contributed by atoms with Crippen LogP contribution in [0, 0.1) is 0 Å². The summed E-state index contributed by atoms with van der Waals surface area (Å²) in [5.74, 6) is -3.50. The molecule has 1 aliphatic rings. The third-order valence-electron chi connectivity index (χ3n) is 7.41. The zero-order valence-corrected chi connectivity index (χ0v) is 24.4. The molecule has 1 unspecified atom stereocenters. The molecule has 0 amide bonds. The van der Waals surface area contributed by atoms with Gasteiger partial charge in [-0.15, -0.1) is 0 Å². The fourth-order valence-electron chi connectivity index (χ4n) is 5.23. The molecule has 3 rings (SSSR count). The Morgan fingerprint density at radius 1 is 1.12 bits per heavy atom. The van der Waals surface area contributed by atoms with E-state index in [1.807, 2.05) is 43.9 Å². The predicted octanol–water partition coefficient (Wildman–Crippen LogP) is 6.38. The largest absolute Gasteiger partial charge is 0.493 e. The second kappa shape index (κ2) is 13.9. The molecule has 2 aromatic rings. The normalized spacial score (nSPS) is 17.2. The molecule has 0 aromatic heterocycles. The summed E-state index contributed by atoms with van der Waals surface area (Å²) >= 11 is 6.87. The Morgan fingerprint density at radius 2 is 1.77 bits per heavy atom. The number of aryl methyl sites for hydroxylation is 1. The number of aliphatic carboxylic acids is 1. The van der Waals surface area contributed by atoms with E-state index in [2.05, 4.69) is 17.4 Å². The van der Waals surface area contributed by atoms with Gasteiger partial charge in [0.15, 0.2) is 0 Å². The minimum atomic E-state index is -3.00. The van der Waals surface area contributed by atoms with Crippen LogP contribution < -0.4 is 14.8 Å². The topological polar surface area (TPSA) is 91.3 Å². The fraction of sp³-hybridized carbons (Fsp3) is 0.567. The zero-order valence-electron chi connectivity index (χ0n) is 23.7. The highest BCUT2D eigenvalue weighted by atomic mass is 35.5. The first kappa shape index (κ1) is 32.1. The van der Waals surface area contributed by atoms with Crippen LogP contribution in [0.4, 0.5) is 8.78 Å². The van der Waals surface area contributed by atoms with Crippen LogP contribution in [0.15, 0.2) is 36.4 Å². The molecule has 1 aliphatic carbocycles. The van der Waals surface area contributed by atoms with Gasteiger partial charge in [0.2, 0.25) is 0 Å². The first-order valence-electron chi connectivity index (χ1n) is 13.9. The van der Waals surface area contributed by atoms with E-state index >= 15 is 0 Å². The molecule has 0 bridgehead atoms. The molecule has 2 atom stereocenters. The molecule has 0 aliphatic heterocycles. The molecule has 0 heterocycles. The average molecular weight is 583 g/mol. The van der Waals surface area contributed by atoms with Crippen molar-refractivity contribution in [2.75, 3.05) is 26.4 Å². The van der Waals surface area contributed by atoms with Gasteiger partial charge in [0.05, 0.1) is 29.9 Å². The number of nitrogens with zero attached hydrogens (tertiary/aromatic N) is 1. The van der Waals surface area contributed by atoms with Gasteiger partial charge in [-0.2, -0.15) is 0 Å². The maximum Gasteiger partial charge on any atom is 0.324 e. The molecular weight excluding hydrogens is 542 g/mol. The Kier molecular flexibility index (Phi) is 11.2. The van der Waals surface area contributed by atoms with E-state index in [9.17, 15) is 23.8 Å². The van der Waals surface area contributed by atoms with Crippen LogP contribution in [0.5, 0.6) is 11.5 Å². The van der Waals surface area contributed by atoms with Gasteiger partial charge in [-0.1, -0.05) is 41.9 Å². The molecule has 10 heteroatoms. The molecule has 40 heavy (non-hydrogen) atoms. The molecule has 0 saturated heterocycles. The van der Waals surface area contributed by atoms with Crippen molar-refractivity contribution in [3.05, 3.63) is 58.1 Å². The van der Waals surface area contributed by atoms with Crippen LogP contribution in [-0.4, -0.2) is 59.0 Å². The van der Waals surface area contributed by atoms with Crippen LogP contribution >= 0.6 is 11.6 Å². The van der Waals surface area contributed by atoms with Crippen molar-refractivity contribution in [1.29, 1.82) is 0 Å². The molecular formula is C30H41ClF2N2O5. The van der Waals surface area contributed by atoms with E-state index in [4.69, 9.17) is 21.1 Å². The number of aliphatic hydroxyl groups is 1. The first-order valence-corrected chi connectivity index (χ1v) is 14.3. The Bertz CT molecular complexity index is 1120. The Labute approximate surface area is 240 Å². The standard InChI is InChI=1S/C30H41ClF2N2O5/c1-5-39-24-16-23(26(31)27(40-6-2)25(24)21(4)36)20(3)35(15-11-10-14-22-12-8-7-9-13-22)19-34-29(28(37)38)17-30(32,33)18-29/h7-9,12-13,16,20-21,34,36H,5-6,10-11,14-15,17-19H2,1-4H3,(H,37,38)/t20-,21?/m1/s1. The second-order valence-corrected chi connectivity index (χ2v) is 10.8. The number of ether oxygens (including phenoxy) is 2. The number of unbranched alkanes of at least 4 members (excludes halogenated alkanes) is 1. The Balaban J connectivity index is 1.89. The van der Waals surface area contributed by atoms with E-state index < -0.39 is 36.4 Å². The first-order chi connectivity index (χ1) is 18.9. The number of alkyl halides is 2. The van der Waals surface area contributed by atoms with Gasteiger partial charge < -0.3 is 19.7 Å². The average Bonchev–Trinajstić information content (AvgIpc) is 2.88. The van der Waals surface area contributed by atoms with Crippen molar-refractivity contribution < 1.29 is 33.3 Å². The number of nitrogens with one attached hydrogen (secondary N) is 1. The molecule has 3 N–H and O–H groups in total. The third kappa shape index (κ3) is 7.63. The van der Waals surface area contributed by atoms with Crippen LogP contribution in [0.3, 0.4) is 0 Å². The monoisotopic (exact) mass is 582 g/mol. The number of aliphatic hydroxyl groups excluding tert-OH is 1. The lowest BCUT2D eigenvalue weighted by molar-refractivity contribution is -0.179. The third-order valence-corrected chi connectivity index (χ3v) is 7.80. The van der Waals surface area contributed by atoms with E-state index in [-0.39, 0.29) is 12.7 Å². The van der Waals surface area contributed by atoms with Crippen molar-refractivity contribution in [2.24, 2.45) is 0 Å². The molecule has 1 saturated carbocycles. The SMILES string of the molecule is CCOc1cc([C@@H](C)N(CCCCc2ccccc2)CNC2(C(=O)O)CC(F)(F)C2)c(Cl)c(OCC)c1C(C)O. The van der Waals surface area contributed by atoms with E-state index in [1.54, 1.807) is 13.0 Å². The number of carboxylic acid groups (broad SMARTS) is 1. The van der Waals surface area contributed by atoms with Crippen molar-refractivity contribution in [3.8, 4) is 11.5 Å². The van der Waals surface area contributed by atoms with Crippen LogP contribution in [0.1, 0.15) is 82.2 Å². The number of carbonyl (C=O) groups is 1. The van der Waals surface area contributed by atoms with Gasteiger partial charge in [0.1, 0.15) is 17.0 Å². The summed E-state index contributed by atoms with van der Waals surface area (Å²) in [6.45, 7) is 8.52. The highest BCUT2D eigenvalue weighted by molar-refractivity contribution is 6.33. The summed E-state index contributed by atoms with van der Waals surface area (Å²) in [4.78, 5) is 14.0. The summed E-state index contributed by atoms with van der Waals surface area (Å²) in [5.41, 5.74) is 0.671. The zero-order chi connectivity index (χ0) is 29.5. The summed E-state index contributed by atoms with van der Waals surface area (Å²) < 4.78 is 39.2. The highest BCUT2D eigenvalue weighted by Crippen LogP contribution is 2.47. The Morgan fingerprint density at radius 3 is 2.33 bits per heavy atom. The summed E-state index contributed by atoms with van der Waals surface area (Å²) in [6.07, 6.45) is 0.164. The molecule has 2 aromatic carbocycles. The van der Waals surface area contributed by atoms with Crippen LogP contribution in [-0.2, 0) is 11.2 Å². The molecule has 0 radical (unpaired) electrons. The fourth-order valence-corrected chi connectivity index (χ4v) is 5.60. The molecule has 222 valence electrons. The number of benzene rings is 2. The minimum absolute atomic E-state index is 0.0668. The predicted molar refractivity (Wildman–Crippen MR) is 151 cm³/mol. The van der Waals surface area contributed by atoms with E-state index in [0.717, 1.165) is 19.3 Å². The molecule has 1 fully saturated rings. The summed E-state index contributed by atoms with van der Waals surface area (Å²) in [7, 11) is 0. The van der Waals surface area contributed by atoms with E-state index in [1.165, 1.54) is 5.56 Å². The minimum Gasteiger partial charge on any atom is -0.493 e. The van der Waals surface area contributed by atoms with Crippen LogP contribution in [0.2, 0.25) is 5.02 Å². The van der Waals surface area contributed by atoms with Crippen molar-refractivity contribution >= 4 is 17.6 Å². The van der Waals surface area contributed by atoms with Gasteiger partial charge in [0.25, 0.3) is 5.92 Å². The number of hydrogen-bond donors (Lipinski definition) is 3. The van der Waals surface area contributed by atoms with Gasteiger partial charge in [-0.25, -0.2) is 8.78 Å². The molecule has 7 nitrogen and oxygen atoms in total.